The summed E-state index contributed by atoms with van der Waals surface area (Å²) in [7, 11) is 0. The minimum atomic E-state index is -0.852. The molecule has 0 aromatic rings. The fraction of sp³-hybridized carbons (Fsp3) is 0.526. The minimum Gasteiger partial charge on any atom is -0.458 e. The van der Waals surface area contributed by atoms with Gasteiger partial charge in [-0.25, -0.2) is 0 Å². The van der Waals surface area contributed by atoms with Crippen molar-refractivity contribution in [3.63, 3.8) is 0 Å². The lowest BCUT2D eigenvalue weighted by molar-refractivity contribution is -0.144. The van der Waals surface area contributed by atoms with E-state index >= 15 is 0 Å². The number of ether oxygens (including phenoxy) is 1. The average Bonchev–Trinajstić information content (AvgIpc) is 2.49. The third-order valence-electron chi connectivity index (χ3n) is 2.88. The molecule has 0 aromatic carbocycles. The molecule has 1 N–H and O–H groups in total. The second kappa shape index (κ2) is 14.0. The quantitative estimate of drug-likeness (QED) is 0.307. The first-order valence-electron chi connectivity index (χ1n) is 7.75. The van der Waals surface area contributed by atoms with Gasteiger partial charge in [0.1, 0.15) is 12.2 Å². The Kier molecular flexibility index (Phi) is 12.7. The molecule has 2 unspecified atom stereocenters. The molecule has 0 aromatic heterocycles. The summed E-state index contributed by atoms with van der Waals surface area (Å²) in [6.07, 6.45) is 10.3. The fourth-order valence-electron chi connectivity index (χ4n) is 1.76. The maximum absolute atomic E-state index is 11.1. The van der Waals surface area contributed by atoms with Gasteiger partial charge in [0.2, 0.25) is 0 Å². The summed E-state index contributed by atoms with van der Waals surface area (Å²) >= 11 is 0. The van der Waals surface area contributed by atoms with Crippen molar-refractivity contribution in [3.05, 3.63) is 24.8 Å². The highest BCUT2D eigenvalue weighted by molar-refractivity contribution is 5.66. The average molecular weight is 302 g/mol. The number of allylic oxidation sites excluding steroid dienone is 1. The van der Waals surface area contributed by atoms with Gasteiger partial charge in [-0.15, -0.1) is 0 Å². The number of carbonyl (C=O) groups is 1. The number of carbonyl (C=O) groups excluding carboxylic acids is 1. The summed E-state index contributed by atoms with van der Waals surface area (Å²) in [6, 6.07) is 0. The maximum Gasteiger partial charge on any atom is 0.303 e. The van der Waals surface area contributed by atoms with Crippen LogP contribution in [0.4, 0.5) is 0 Å². The molecule has 0 saturated carbocycles. The van der Waals surface area contributed by atoms with E-state index in [4.69, 9.17) is 9.84 Å². The lowest BCUT2D eigenvalue weighted by Crippen LogP contribution is -2.13. The monoisotopic (exact) mass is 302 g/mol. The predicted octanol–water partition coefficient (Wildman–Crippen LogP) is 3.39. The molecule has 120 valence electrons. The normalized spacial score (nSPS) is 12.5. The van der Waals surface area contributed by atoms with E-state index in [2.05, 4.69) is 37.2 Å². The van der Waals surface area contributed by atoms with Crippen LogP contribution in [0.3, 0.4) is 0 Å². The van der Waals surface area contributed by atoms with E-state index < -0.39 is 6.10 Å². The van der Waals surface area contributed by atoms with Gasteiger partial charge >= 0.3 is 5.97 Å². The summed E-state index contributed by atoms with van der Waals surface area (Å²) in [6.45, 7) is 7.00. The van der Waals surface area contributed by atoms with Gasteiger partial charge in [0.25, 0.3) is 0 Å². The molecule has 0 rings (SSSR count). The SMILES string of the molecule is C=CC(O)C#CC#CC=CC(CCCCCCC)OC(C)=O. The lowest BCUT2D eigenvalue weighted by Gasteiger charge is -2.12. The molecule has 0 radical (unpaired) electrons. The van der Waals surface area contributed by atoms with E-state index in [1.165, 1.54) is 32.3 Å². The molecular formula is C19H26O3. The molecule has 22 heavy (non-hydrogen) atoms. The zero-order chi connectivity index (χ0) is 16.6. The Morgan fingerprint density at radius 3 is 2.64 bits per heavy atom. The predicted molar refractivity (Wildman–Crippen MR) is 89.8 cm³/mol. The number of rotatable bonds is 9. The largest absolute Gasteiger partial charge is 0.458 e. The fourth-order valence-corrected chi connectivity index (χ4v) is 1.76. The van der Waals surface area contributed by atoms with Gasteiger partial charge in [0.05, 0.1) is 0 Å². The van der Waals surface area contributed by atoms with Crippen LogP contribution in [-0.2, 0) is 9.53 Å². The molecule has 0 aliphatic rings. The van der Waals surface area contributed by atoms with E-state index in [1.54, 1.807) is 12.2 Å². The summed E-state index contributed by atoms with van der Waals surface area (Å²) in [5.74, 6) is 10.1. The summed E-state index contributed by atoms with van der Waals surface area (Å²) in [4.78, 5) is 11.1. The molecule has 2 atom stereocenters. The van der Waals surface area contributed by atoms with Crippen LogP contribution < -0.4 is 0 Å². The van der Waals surface area contributed by atoms with E-state index in [0.29, 0.717) is 0 Å². The Hall–Kier alpha value is -1.97. The van der Waals surface area contributed by atoms with Crippen LogP contribution in [0.5, 0.6) is 0 Å². The molecule has 0 bridgehead atoms. The Labute approximate surface area is 134 Å². The lowest BCUT2D eigenvalue weighted by atomic mass is 10.1. The molecular weight excluding hydrogens is 276 g/mol. The van der Waals surface area contributed by atoms with Gasteiger partial charge in [0.15, 0.2) is 0 Å². The number of esters is 1. The van der Waals surface area contributed by atoms with Crippen LogP contribution >= 0.6 is 0 Å². The van der Waals surface area contributed by atoms with Crippen LogP contribution in [0.1, 0.15) is 52.4 Å². The zero-order valence-corrected chi connectivity index (χ0v) is 13.6. The molecule has 3 heteroatoms. The summed E-state index contributed by atoms with van der Waals surface area (Å²) in [5.41, 5.74) is 0. The van der Waals surface area contributed by atoms with Crippen molar-refractivity contribution < 1.29 is 14.6 Å². The van der Waals surface area contributed by atoms with Crippen molar-refractivity contribution in [2.75, 3.05) is 0 Å². The van der Waals surface area contributed by atoms with Gasteiger partial charge in [-0.1, -0.05) is 57.1 Å². The molecule has 0 aliphatic heterocycles. The molecule has 0 aliphatic carbocycles. The maximum atomic E-state index is 11.1. The van der Waals surface area contributed by atoms with Crippen LogP contribution in [0, 0.1) is 23.7 Å². The number of aliphatic hydroxyl groups excluding tert-OH is 1. The Morgan fingerprint density at radius 2 is 2.00 bits per heavy atom. The number of aliphatic hydroxyl groups is 1. The molecule has 0 saturated heterocycles. The second-order valence-electron chi connectivity index (χ2n) is 4.93. The van der Waals surface area contributed by atoms with Crippen LogP contribution in [0.25, 0.3) is 0 Å². The Morgan fingerprint density at radius 1 is 1.27 bits per heavy atom. The molecule has 0 heterocycles. The van der Waals surface area contributed by atoms with E-state index in [0.717, 1.165) is 19.3 Å². The Bertz CT molecular complexity index is 468. The number of hydrogen-bond acceptors (Lipinski definition) is 3. The molecule has 0 amide bonds. The van der Waals surface area contributed by atoms with Gasteiger partial charge in [-0.2, -0.15) is 0 Å². The molecule has 3 nitrogen and oxygen atoms in total. The first kappa shape index (κ1) is 20.0. The van der Waals surface area contributed by atoms with Crippen molar-refractivity contribution in [1.82, 2.24) is 0 Å². The van der Waals surface area contributed by atoms with Gasteiger partial charge in [-0.05, 0) is 36.8 Å². The van der Waals surface area contributed by atoms with Crippen LogP contribution in [-0.4, -0.2) is 23.3 Å². The third kappa shape index (κ3) is 13.0. The van der Waals surface area contributed by atoms with Gasteiger partial charge in [-0.3, -0.25) is 4.79 Å². The minimum absolute atomic E-state index is 0.236. The van der Waals surface area contributed by atoms with E-state index in [9.17, 15) is 4.79 Å². The highest BCUT2D eigenvalue weighted by atomic mass is 16.5. The first-order valence-corrected chi connectivity index (χ1v) is 7.75. The number of hydrogen-bond donors (Lipinski definition) is 1. The van der Waals surface area contributed by atoms with Gasteiger partial charge in [0, 0.05) is 6.92 Å². The molecule has 0 fully saturated rings. The second-order valence-corrected chi connectivity index (χ2v) is 4.93. The van der Waals surface area contributed by atoms with Crippen LogP contribution in [0.2, 0.25) is 0 Å². The Balaban J connectivity index is 4.29. The summed E-state index contributed by atoms with van der Waals surface area (Å²) in [5, 5.41) is 9.13. The number of unbranched alkanes of at least 4 members (excludes halogenated alkanes) is 4. The summed E-state index contributed by atoms with van der Waals surface area (Å²) < 4.78 is 5.24. The van der Waals surface area contributed by atoms with Crippen molar-refractivity contribution in [2.45, 2.75) is 64.6 Å². The van der Waals surface area contributed by atoms with Crippen LogP contribution in [0.15, 0.2) is 24.8 Å². The standard InChI is InChI=1S/C19H26O3/c1-4-6-7-8-12-15-19(22-17(3)20)16-13-10-9-11-14-18(21)5-2/h5,13,16,18-19,21H,2,4,6-8,12,15H2,1,3H3. The molecule has 0 spiro atoms. The third-order valence-corrected chi connectivity index (χ3v) is 2.88. The first-order chi connectivity index (χ1) is 10.6. The van der Waals surface area contributed by atoms with E-state index in [-0.39, 0.29) is 12.1 Å². The zero-order valence-electron chi connectivity index (χ0n) is 13.6. The van der Waals surface area contributed by atoms with Crippen molar-refractivity contribution in [2.24, 2.45) is 0 Å². The van der Waals surface area contributed by atoms with Crippen molar-refractivity contribution in [1.29, 1.82) is 0 Å². The van der Waals surface area contributed by atoms with Crippen molar-refractivity contribution >= 4 is 5.97 Å². The topological polar surface area (TPSA) is 46.5 Å². The van der Waals surface area contributed by atoms with E-state index in [1.807, 2.05) is 0 Å². The van der Waals surface area contributed by atoms with Crippen molar-refractivity contribution in [3.8, 4) is 23.7 Å². The highest BCUT2D eigenvalue weighted by Crippen LogP contribution is 2.10. The van der Waals surface area contributed by atoms with Gasteiger partial charge < -0.3 is 9.84 Å². The smallest absolute Gasteiger partial charge is 0.303 e. The highest BCUT2D eigenvalue weighted by Gasteiger charge is 2.07.